The van der Waals surface area contributed by atoms with E-state index in [1.165, 1.54) is 346 Å². The van der Waals surface area contributed by atoms with Crippen LogP contribution in [0.5, 0.6) is 0 Å². The Labute approximate surface area is 626 Å². The van der Waals surface area contributed by atoms with E-state index >= 15 is 0 Å². The van der Waals surface area contributed by atoms with Gasteiger partial charge in [-0.2, -0.15) is 0 Å². The molecule has 15 rings (SSSR count). The molecule has 5 heteroatoms. The van der Waals surface area contributed by atoms with Crippen molar-refractivity contribution in [2.45, 2.75) is 260 Å². The number of hydrogen-bond acceptors (Lipinski definition) is 0. The SMILES string of the molecule is CCCCCCCCn1c2ccccc2c2ccc(-c3ccc4c5ccc(-c6ccc7c8ccc(-c9ccc%10c%11ccc(-c%12ccc%13c%14ccccc%14n(CCCCCCCC)c%13c%12)cc%11n(CCCCCCCC)c%10c9)cc8n(CCCCCCCC)c7c6)cc5n(CCCCCCCC)c4c3)cc21. The maximum Gasteiger partial charge on any atom is 0.0497 e. The van der Waals surface area contributed by atoms with Gasteiger partial charge < -0.3 is 22.8 Å². The first-order chi connectivity index (χ1) is 51.9. The van der Waals surface area contributed by atoms with Gasteiger partial charge in [0.2, 0.25) is 0 Å². The number of fused-ring (bicyclic) bond motifs is 15. The van der Waals surface area contributed by atoms with Crippen molar-refractivity contribution < 1.29 is 0 Å². The van der Waals surface area contributed by atoms with Gasteiger partial charge in [-0.3, -0.25) is 0 Å². The average molecular weight is 1390 g/mol. The van der Waals surface area contributed by atoms with Gasteiger partial charge in [-0.05, 0) is 137 Å². The van der Waals surface area contributed by atoms with Crippen LogP contribution in [0.2, 0.25) is 0 Å². The van der Waals surface area contributed by atoms with Crippen molar-refractivity contribution in [3.05, 3.63) is 194 Å². The van der Waals surface area contributed by atoms with E-state index in [9.17, 15) is 0 Å². The number of hydrogen-bond donors (Lipinski definition) is 0. The molecule has 0 spiro atoms. The van der Waals surface area contributed by atoms with Crippen LogP contribution in [-0.4, -0.2) is 22.8 Å². The van der Waals surface area contributed by atoms with E-state index in [0.717, 1.165) is 32.7 Å². The van der Waals surface area contributed by atoms with E-state index in [1.54, 1.807) is 0 Å². The Balaban J connectivity index is 0.784. The summed E-state index contributed by atoms with van der Waals surface area (Å²) in [4.78, 5) is 0. The predicted molar refractivity (Wildman–Crippen MR) is 460 cm³/mol. The number of nitrogens with zero attached hydrogens (tertiary/aromatic N) is 5. The molecule has 0 saturated heterocycles. The molecular weight excluding hydrogens is 1270 g/mol. The number of aryl methyl sites for hydroxylation is 5. The van der Waals surface area contributed by atoms with Crippen molar-refractivity contribution in [3.8, 4) is 44.5 Å². The van der Waals surface area contributed by atoms with E-state index in [4.69, 9.17) is 0 Å². The normalized spacial score (nSPS) is 12.2. The summed E-state index contributed by atoms with van der Waals surface area (Å²) in [6, 6.07) is 77.1. The average Bonchev–Trinajstić information content (AvgIpc) is 1.43. The molecule has 105 heavy (non-hydrogen) atoms. The standard InChI is InChI=1S/C100H117N5/c1-6-11-16-21-26-35-60-101-91-42-33-31-40-81(91)83-52-44-73(65-93(83)101)75-46-54-85-87-56-48-77(69-97(87)103(95(85)67-75)62-37-28-23-18-13-8-3)79-50-58-89-90-59-51-80(72-100(90)105(99(89)71-79)64-39-30-25-20-15-10-5)78-49-57-88-86-55-47-76(68-96(86)104(98(88)70-78)63-38-29-24-19-14-9-4)74-45-53-84-82-41-32-34-43-92(82)102(94(84)66-74)61-36-27-22-17-12-7-2/h31-34,40-59,65-72H,6-30,35-39,60-64H2,1-5H3. The van der Waals surface area contributed by atoms with Crippen LogP contribution >= 0.6 is 0 Å². The van der Waals surface area contributed by atoms with Crippen molar-refractivity contribution >= 4 is 109 Å². The fourth-order valence-electron chi connectivity index (χ4n) is 18.3. The zero-order valence-corrected chi connectivity index (χ0v) is 64.5. The molecule has 0 bridgehead atoms. The zero-order valence-electron chi connectivity index (χ0n) is 64.5. The summed E-state index contributed by atoms with van der Waals surface area (Å²) in [5, 5.41) is 13.6. The molecule has 0 atom stereocenters. The Kier molecular flexibility index (Phi) is 23.4. The Morgan fingerprint density at radius 1 is 0.152 bits per heavy atom. The van der Waals surface area contributed by atoms with Gasteiger partial charge >= 0.3 is 0 Å². The topological polar surface area (TPSA) is 24.6 Å². The van der Waals surface area contributed by atoms with Gasteiger partial charge in [-0.1, -0.05) is 329 Å². The summed E-state index contributed by atoms with van der Waals surface area (Å²) >= 11 is 0. The second kappa shape index (κ2) is 34.2. The summed E-state index contributed by atoms with van der Waals surface area (Å²) < 4.78 is 13.3. The minimum Gasteiger partial charge on any atom is -0.340 e. The van der Waals surface area contributed by atoms with Crippen molar-refractivity contribution in [1.29, 1.82) is 0 Å². The highest BCUT2D eigenvalue weighted by Gasteiger charge is 2.21. The highest BCUT2D eigenvalue weighted by Crippen LogP contribution is 2.43. The maximum absolute atomic E-state index is 2.71. The lowest BCUT2D eigenvalue weighted by atomic mass is 9.99. The third kappa shape index (κ3) is 15.2. The number of benzene rings is 10. The van der Waals surface area contributed by atoms with E-state index in [-0.39, 0.29) is 0 Å². The van der Waals surface area contributed by atoms with E-state index in [2.05, 4.69) is 252 Å². The van der Waals surface area contributed by atoms with Gasteiger partial charge in [-0.15, -0.1) is 0 Å². The van der Waals surface area contributed by atoms with Crippen LogP contribution in [-0.2, 0) is 32.7 Å². The van der Waals surface area contributed by atoms with Gasteiger partial charge in [0.25, 0.3) is 0 Å². The molecular formula is C100H117N5. The molecule has 0 aliphatic rings. The molecule has 0 radical (unpaired) electrons. The van der Waals surface area contributed by atoms with Crippen LogP contribution in [0.15, 0.2) is 194 Å². The summed E-state index contributed by atoms with van der Waals surface area (Å²) in [5.41, 5.74) is 23.9. The lowest BCUT2D eigenvalue weighted by Crippen LogP contribution is -1.99. The predicted octanol–water partition coefficient (Wildman–Crippen LogP) is 30.7. The molecule has 5 heterocycles. The smallest absolute Gasteiger partial charge is 0.0497 e. The molecule has 0 unspecified atom stereocenters. The fourth-order valence-corrected chi connectivity index (χ4v) is 18.3. The Hall–Kier alpha value is -8.80. The lowest BCUT2D eigenvalue weighted by molar-refractivity contribution is 0.571. The van der Waals surface area contributed by atoms with Crippen molar-refractivity contribution in [2.24, 2.45) is 0 Å². The third-order valence-electron chi connectivity index (χ3n) is 24.2. The highest BCUT2D eigenvalue weighted by atomic mass is 15.0. The second-order valence-corrected chi connectivity index (χ2v) is 31.5. The first-order valence-electron chi connectivity index (χ1n) is 42.2. The minimum absolute atomic E-state index is 1.00. The van der Waals surface area contributed by atoms with Crippen molar-refractivity contribution in [1.82, 2.24) is 22.8 Å². The molecule has 5 nitrogen and oxygen atoms in total. The molecule has 542 valence electrons. The summed E-state index contributed by atoms with van der Waals surface area (Å²) in [5.74, 6) is 0. The van der Waals surface area contributed by atoms with Gasteiger partial charge in [0, 0.05) is 142 Å². The van der Waals surface area contributed by atoms with Crippen LogP contribution in [0.3, 0.4) is 0 Å². The molecule has 0 N–H and O–H groups in total. The number of rotatable bonds is 39. The van der Waals surface area contributed by atoms with Gasteiger partial charge in [-0.25, -0.2) is 0 Å². The van der Waals surface area contributed by atoms with Crippen LogP contribution < -0.4 is 0 Å². The van der Waals surface area contributed by atoms with Gasteiger partial charge in [0.15, 0.2) is 0 Å². The maximum atomic E-state index is 2.71. The first kappa shape index (κ1) is 71.8. The number of unbranched alkanes of at least 4 members (excludes halogenated alkanes) is 25. The summed E-state index contributed by atoms with van der Waals surface area (Å²) in [7, 11) is 0. The largest absolute Gasteiger partial charge is 0.340 e. The molecule has 15 aromatic rings. The second-order valence-electron chi connectivity index (χ2n) is 31.5. The molecule has 0 aliphatic carbocycles. The van der Waals surface area contributed by atoms with E-state index in [0.29, 0.717) is 0 Å². The molecule has 0 fully saturated rings. The monoisotopic (exact) mass is 1390 g/mol. The molecule has 0 amide bonds. The minimum atomic E-state index is 1.00. The number of para-hydroxylation sites is 2. The third-order valence-corrected chi connectivity index (χ3v) is 24.2. The van der Waals surface area contributed by atoms with Gasteiger partial charge in [0.1, 0.15) is 0 Å². The summed E-state index contributed by atoms with van der Waals surface area (Å²) in [6.45, 7) is 16.8. The van der Waals surface area contributed by atoms with Crippen LogP contribution in [0.25, 0.3) is 154 Å². The lowest BCUT2D eigenvalue weighted by Gasteiger charge is -2.12. The first-order valence-corrected chi connectivity index (χ1v) is 42.2. The molecule has 5 aromatic heterocycles. The summed E-state index contributed by atoms with van der Waals surface area (Å²) in [6.07, 6.45) is 38.5. The fraction of sp³-hybridized carbons (Fsp3) is 0.400. The highest BCUT2D eigenvalue weighted by molar-refractivity contribution is 6.15. The van der Waals surface area contributed by atoms with Crippen LogP contribution in [0.4, 0.5) is 0 Å². The Bertz CT molecular complexity index is 5130. The molecule has 10 aromatic carbocycles. The van der Waals surface area contributed by atoms with Gasteiger partial charge in [0.05, 0.1) is 0 Å². The van der Waals surface area contributed by atoms with E-state index in [1.807, 2.05) is 0 Å². The Morgan fingerprint density at radius 3 is 0.495 bits per heavy atom. The van der Waals surface area contributed by atoms with Crippen LogP contribution in [0.1, 0.15) is 227 Å². The Morgan fingerprint density at radius 2 is 0.305 bits per heavy atom. The molecule has 0 aliphatic heterocycles. The molecule has 0 saturated carbocycles. The van der Waals surface area contributed by atoms with Crippen LogP contribution in [0, 0.1) is 0 Å². The number of aromatic nitrogens is 5. The van der Waals surface area contributed by atoms with Crippen molar-refractivity contribution in [2.75, 3.05) is 0 Å². The van der Waals surface area contributed by atoms with E-state index < -0.39 is 0 Å². The van der Waals surface area contributed by atoms with Crippen molar-refractivity contribution in [3.63, 3.8) is 0 Å². The zero-order chi connectivity index (χ0) is 71.4. The quantitative estimate of drug-likeness (QED) is 0.0343.